The molecule has 0 atom stereocenters. The predicted octanol–water partition coefficient (Wildman–Crippen LogP) is 0.557. The Morgan fingerprint density at radius 1 is 1.67 bits per heavy atom. The highest BCUT2D eigenvalue weighted by Crippen LogP contribution is 2.13. The molecule has 0 aliphatic rings. The van der Waals surface area contributed by atoms with Crippen molar-refractivity contribution in [1.82, 2.24) is 4.98 Å². The van der Waals surface area contributed by atoms with Gasteiger partial charge in [0.1, 0.15) is 0 Å². The maximum atomic E-state index is 10.3. The first-order chi connectivity index (χ1) is 5.74. The first-order valence-electron chi connectivity index (χ1n) is 3.54. The Morgan fingerprint density at radius 3 is 2.83 bits per heavy atom. The minimum Gasteiger partial charge on any atom is -0.545 e. The molecule has 0 saturated heterocycles. The number of carboxylic acid groups (broad SMARTS) is 1. The van der Waals surface area contributed by atoms with Crippen LogP contribution >= 0.6 is 11.8 Å². The van der Waals surface area contributed by atoms with Gasteiger partial charge in [0, 0.05) is 11.8 Å². The molecule has 0 bridgehead atoms. The Balaban J connectivity index is 2.78. The van der Waals surface area contributed by atoms with Crippen molar-refractivity contribution in [3.8, 4) is 0 Å². The fourth-order valence-corrected chi connectivity index (χ4v) is 1.32. The van der Waals surface area contributed by atoms with Gasteiger partial charge in [0.25, 0.3) is 0 Å². The number of aromatic carboxylic acids is 1. The number of carboxylic acids is 1. The summed E-state index contributed by atoms with van der Waals surface area (Å²) in [5.74, 6) is -0.256. The van der Waals surface area contributed by atoms with E-state index in [-0.39, 0.29) is 5.56 Å². The zero-order chi connectivity index (χ0) is 8.97. The molecule has 0 amide bonds. The molecule has 4 heteroatoms. The van der Waals surface area contributed by atoms with Crippen molar-refractivity contribution >= 4 is 17.7 Å². The van der Waals surface area contributed by atoms with Gasteiger partial charge in [-0.25, -0.2) is 4.98 Å². The molecule has 1 heterocycles. The minimum absolute atomic E-state index is 0.121. The molecule has 3 nitrogen and oxygen atoms in total. The fraction of sp³-hybridized carbons (Fsp3) is 0.250. The van der Waals surface area contributed by atoms with E-state index in [1.54, 1.807) is 17.8 Å². The van der Waals surface area contributed by atoms with Crippen molar-refractivity contribution < 1.29 is 9.90 Å². The summed E-state index contributed by atoms with van der Waals surface area (Å²) in [6.45, 7) is 2.01. The SMILES string of the molecule is CCSc1ccc(C(=O)[O-])cn1. The number of carbonyl (C=O) groups excluding carboxylic acids is 1. The number of thioether (sulfide) groups is 1. The topological polar surface area (TPSA) is 53.0 Å². The van der Waals surface area contributed by atoms with E-state index in [0.29, 0.717) is 0 Å². The van der Waals surface area contributed by atoms with Crippen LogP contribution in [0.1, 0.15) is 17.3 Å². The zero-order valence-electron chi connectivity index (χ0n) is 6.61. The van der Waals surface area contributed by atoms with Crippen molar-refractivity contribution in [2.75, 3.05) is 5.75 Å². The summed E-state index contributed by atoms with van der Waals surface area (Å²) < 4.78 is 0. The van der Waals surface area contributed by atoms with Crippen LogP contribution in [0.2, 0.25) is 0 Å². The first-order valence-corrected chi connectivity index (χ1v) is 4.52. The number of pyridine rings is 1. The highest BCUT2D eigenvalue weighted by Gasteiger charge is 1.95. The van der Waals surface area contributed by atoms with Crippen LogP contribution in [-0.2, 0) is 0 Å². The zero-order valence-corrected chi connectivity index (χ0v) is 7.43. The number of rotatable bonds is 3. The first kappa shape index (κ1) is 9.06. The largest absolute Gasteiger partial charge is 0.545 e. The van der Waals surface area contributed by atoms with E-state index < -0.39 is 5.97 Å². The second-order valence-corrected chi connectivity index (χ2v) is 3.39. The summed E-state index contributed by atoms with van der Waals surface area (Å²) in [7, 11) is 0. The molecular weight excluding hydrogens is 174 g/mol. The summed E-state index contributed by atoms with van der Waals surface area (Å²) >= 11 is 1.57. The van der Waals surface area contributed by atoms with E-state index in [9.17, 15) is 9.90 Å². The lowest BCUT2D eigenvalue weighted by atomic mass is 10.3. The van der Waals surface area contributed by atoms with Gasteiger partial charge < -0.3 is 9.90 Å². The van der Waals surface area contributed by atoms with E-state index in [1.807, 2.05) is 6.92 Å². The van der Waals surface area contributed by atoms with Crippen LogP contribution in [0.4, 0.5) is 0 Å². The average Bonchev–Trinajstić information content (AvgIpc) is 2.06. The second-order valence-electron chi connectivity index (χ2n) is 2.11. The van der Waals surface area contributed by atoms with Gasteiger partial charge in [-0.1, -0.05) is 6.92 Å². The Hall–Kier alpha value is -1.03. The van der Waals surface area contributed by atoms with Crippen LogP contribution in [0.5, 0.6) is 0 Å². The molecule has 0 saturated carbocycles. The smallest absolute Gasteiger partial charge is 0.0960 e. The van der Waals surface area contributed by atoms with Crippen LogP contribution in [-0.4, -0.2) is 16.7 Å². The molecule has 0 N–H and O–H groups in total. The molecule has 0 unspecified atom stereocenters. The summed E-state index contributed by atoms with van der Waals surface area (Å²) in [5.41, 5.74) is 0.121. The molecule has 0 aliphatic carbocycles. The molecule has 12 heavy (non-hydrogen) atoms. The second kappa shape index (κ2) is 4.11. The fourth-order valence-electron chi connectivity index (χ4n) is 0.734. The van der Waals surface area contributed by atoms with Crippen molar-refractivity contribution in [3.63, 3.8) is 0 Å². The van der Waals surface area contributed by atoms with E-state index in [4.69, 9.17) is 0 Å². The molecule has 0 aliphatic heterocycles. The Kier molecular flexibility index (Phi) is 3.10. The van der Waals surface area contributed by atoms with Crippen LogP contribution in [0, 0.1) is 0 Å². The molecule has 1 aromatic heterocycles. The predicted molar refractivity (Wildman–Crippen MR) is 45.0 cm³/mol. The van der Waals surface area contributed by atoms with Crippen LogP contribution in [0.15, 0.2) is 23.4 Å². The van der Waals surface area contributed by atoms with E-state index in [1.165, 1.54) is 12.3 Å². The standard InChI is InChI=1S/C8H9NO2S/c1-2-12-7-4-3-6(5-9-7)8(10)11/h3-5H,2H2,1H3,(H,10,11)/p-1. The van der Waals surface area contributed by atoms with Crippen molar-refractivity contribution in [2.24, 2.45) is 0 Å². The summed E-state index contributed by atoms with van der Waals surface area (Å²) in [5, 5.41) is 11.1. The number of hydrogen-bond acceptors (Lipinski definition) is 4. The number of hydrogen-bond donors (Lipinski definition) is 0. The van der Waals surface area contributed by atoms with Gasteiger partial charge in [0.2, 0.25) is 0 Å². The normalized spacial score (nSPS) is 9.75. The Morgan fingerprint density at radius 2 is 2.42 bits per heavy atom. The van der Waals surface area contributed by atoms with Crippen molar-refractivity contribution in [2.45, 2.75) is 11.9 Å². The van der Waals surface area contributed by atoms with Crippen LogP contribution in [0.25, 0.3) is 0 Å². The van der Waals surface area contributed by atoms with E-state index in [2.05, 4.69) is 4.98 Å². The van der Waals surface area contributed by atoms with Gasteiger partial charge in [-0.3, -0.25) is 0 Å². The molecule has 0 fully saturated rings. The Labute approximate surface area is 74.8 Å². The quantitative estimate of drug-likeness (QED) is 0.641. The maximum Gasteiger partial charge on any atom is 0.0960 e. The molecule has 0 radical (unpaired) electrons. The van der Waals surface area contributed by atoms with Gasteiger partial charge in [0.05, 0.1) is 11.0 Å². The lowest BCUT2D eigenvalue weighted by molar-refractivity contribution is -0.255. The number of aromatic nitrogens is 1. The molecule has 0 spiro atoms. The third kappa shape index (κ3) is 2.23. The third-order valence-electron chi connectivity index (χ3n) is 1.26. The van der Waals surface area contributed by atoms with E-state index in [0.717, 1.165) is 10.8 Å². The molecule has 0 aromatic carbocycles. The van der Waals surface area contributed by atoms with Gasteiger partial charge >= 0.3 is 0 Å². The van der Waals surface area contributed by atoms with Crippen LogP contribution in [0.3, 0.4) is 0 Å². The molecule has 64 valence electrons. The lowest BCUT2D eigenvalue weighted by Crippen LogP contribution is -2.22. The lowest BCUT2D eigenvalue weighted by Gasteiger charge is -2.01. The van der Waals surface area contributed by atoms with E-state index >= 15 is 0 Å². The maximum absolute atomic E-state index is 10.3. The average molecular weight is 182 g/mol. The van der Waals surface area contributed by atoms with Gasteiger partial charge in [0.15, 0.2) is 0 Å². The molecule has 1 aromatic rings. The highest BCUT2D eigenvalue weighted by atomic mass is 32.2. The summed E-state index contributed by atoms with van der Waals surface area (Å²) in [6.07, 6.45) is 1.31. The highest BCUT2D eigenvalue weighted by molar-refractivity contribution is 7.99. The van der Waals surface area contributed by atoms with Gasteiger partial charge in [-0.05, 0) is 17.9 Å². The molecule has 1 rings (SSSR count). The third-order valence-corrected chi connectivity index (χ3v) is 2.09. The van der Waals surface area contributed by atoms with Gasteiger partial charge in [-0.15, -0.1) is 11.8 Å². The minimum atomic E-state index is -1.18. The number of carbonyl (C=O) groups is 1. The number of nitrogens with zero attached hydrogens (tertiary/aromatic N) is 1. The van der Waals surface area contributed by atoms with Crippen molar-refractivity contribution in [3.05, 3.63) is 23.9 Å². The van der Waals surface area contributed by atoms with Crippen LogP contribution < -0.4 is 5.11 Å². The Bertz CT molecular complexity index is 271. The molecular formula is C8H8NO2S-. The summed E-state index contributed by atoms with van der Waals surface area (Å²) in [4.78, 5) is 14.2. The monoisotopic (exact) mass is 182 g/mol. The van der Waals surface area contributed by atoms with Gasteiger partial charge in [-0.2, -0.15) is 0 Å². The summed E-state index contributed by atoms with van der Waals surface area (Å²) in [6, 6.07) is 3.18. The van der Waals surface area contributed by atoms with Crippen molar-refractivity contribution in [1.29, 1.82) is 0 Å².